The number of likely N-dealkylation sites (tertiary alicyclic amines) is 1. The standard InChI is InChI=1S/C10H12N2/c1-2-12-7-5-10(12)9-4-3-6-11-8-9/h2-4,6,8,10H,1,5,7H2. The van der Waals surface area contributed by atoms with Crippen molar-refractivity contribution in [3.63, 3.8) is 0 Å². The quantitative estimate of drug-likeness (QED) is 0.657. The van der Waals surface area contributed by atoms with Gasteiger partial charge >= 0.3 is 0 Å². The topological polar surface area (TPSA) is 16.1 Å². The van der Waals surface area contributed by atoms with E-state index in [9.17, 15) is 0 Å². The van der Waals surface area contributed by atoms with Crippen molar-refractivity contribution in [2.24, 2.45) is 0 Å². The van der Waals surface area contributed by atoms with Gasteiger partial charge in [0.15, 0.2) is 0 Å². The van der Waals surface area contributed by atoms with Gasteiger partial charge in [-0.2, -0.15) is 0 Å². The Balaban J connectivity index is 2.16. The summed E-state index contributed by atoms with van der Waals surface area (Å²) in [6, 6.07) is 4.62. The number of pyridine rings is 1. The van der Waals surface area contributed by atoms with Crippen molar-refractivity contribution in [3.8, 4) is 0 Å². The van der Waals surface area contributed by atoms with E-state index in [1.165, 1.54) is 12.0 Å². The minimum atomic E-state index is 0.524. The largest absolute Gasteiger partial charge is 0.371 e. The first kappa shape index (κ1) is 7.35. The van der Waals surface area contributed by atoms with Crippen LogP contribution < -0.4 is 0 Å². The predicted molar refractivity (Wildman–Crippen MR) is 48.5 cm³/mol. The van der Waals surface area contributed by atoms with E-state index in [4.69, 9.17) is 0 Å². The van der Waals surface area contributed by atoms with Crippen LogP contribution in [-0.2, 0) is 0 Å². The first-order chi connectivity index (χ1) is 5.92. The molecule has 1 aliphatic heterocycles. The SMILES string of the molecule is C=CN1CCC1c1cccnc1. The summed E-state index contributed by atoms with van der Waals surface area (Å²) in [5.74, 6) is 0. The van der Waals surface area contributed by atoms with E-state index >= 15 is 0 Å². The molecule has 0 radical (unpaired) electrons. The van der Waals surface area contributed by atoms with Crippen molar-refractivity contribution in [2.45, 2.75) is 12.5 Å². The van der Waals surface area contributed by atoms with Crippen molar-refractivity contribution in [2.75, 3.05) is 6.54 Å². The van der Waals surface area contributed by atoms with Crippen LogP contribution in [-0.4, -0.2) is 16.4 Å². The van der Waals surface area contributed by atoms with Gasteiger partial charge in [0.1, 0.15) is 0 Å². The molecular weight excluding hydrogens is 148 g/mol. The number of hydrogen-bond donors (Lipinski definition) is 0. The van der Waals surface area contributed by atoms with E-state index in [2.05, 4.69) is 22.5 Å². The molecule has 12 heavy (non-hydrogen) atoms. The molecule has 0 saturated carbocycles. The smallest absolute Gasteiger partial charge is 0.0568 e. The van der Waals surface area contributed by atoms with E-state index in [0.717, 1.165) is 6.54 Å². The zero-order valence-electron chi connectivity index (χ0n) is 6.98. The summed E-state index contributed by atoms with van der Waals surface area (Å²) in [7, 11) is 0. The highest BCUT2D eigenvalue weighted by Gasteiger charge is 2.25. The van der Waals surface area contributed by atoms with E-state index in [1.54, 1.807) is 6.20 Å². The highest BCUT2D eigenvalue weighted by molar-refractivity contribution is 5.17. The molecule has 2 heteroatoms. The molecular formula is C10H12N2. The molecule has 2 rings (SSSR count). The van der Waals surface area contributed by atoms with Crippen LogP contribution in [0.1, 0.15) is 18.0 Å². The lowest BCUT2D eigenvalue weighted by atomic mass is 9.97. The molecule has 0 aliphatic carbocycles. The molecule has 2 heterocycles. The van der Waals surface area contributed by atoms with Gasteiger partial charge < -0.3 is 4.90 Å². The Morgan fingerprint density at radius 2 is 2.58 bits per heavy atom. The summed E-state index contributed by atoms with van der Waals surface area (Å²) in [5, 5.41) is 0. The van der Waals surface area contributed by atoms with Crippen LogP contribution in [0.3, 0.4) is 0 Å². The molecule has 1 fully saturated rings. The van der Waals surface area contributed by atoms with Crippen molar-refractivity contribution >= 4 is 0 Å². The third kappa shape index (κ3) is 1.09. The third-order valence-corrected chi connectivity index (χ3v) is 2.36. The molecule has 1 unspecified atom stereocenters. The molecule has 1 aromatic rings. The Bertz CT molecular complexity index is 268. The number of nitrogens with zero attached hydrogens (tertiary/aromatic N) is 2. The minimum absolute atomic E-state index is 0.524. The van der Waals surface area contributed by atoms with Crippen molar-refractivity contribution < 1.29 is 0 Å². The summed E-state index contributed by atoms with van der Waals surface area (Å²) in [5.41, 5.74) is 1.30. The van der Waals surface area contributed by atoms with Crippen LogP contribution in [0.2, 0.25) is 0 Å². The van der Waals surface area contributed by atoms with E-state index in [0.29, 0.717) is 6.04 Å². The van der Waals surface area contributed by atoms with Gasteiger partial charge in [-0.25, -0.2) is 0 Å². The fraction of sp³-hybridized carbons (Fsp3) is 0.300. The Morgan fingerprint density at radius 3 is 3.08 bits per heavy atom. The second-order valence-corrected chi connectivity index (χ2v) is 3.01. The third-order valence-electron chi connectivity index (χ3n) is 2.36. The summed E-state index contributed by atoms with van der Waals surface area (Å²) < 4.78 is 0. The zero-order chi connectivity index (χ0) is 8.39. The van der Waals surface area contributed by atoms with E-state index in [-0.39, 0.29) is 0 Å². The van der Waals surface area contributed by atoms with Crippen LogP contribution in [0, 0.1) is 0 Å². The molecule has 1 aromatic heterocycles. The predicted octanol–water partition coefficient (Wildman–Crippen LogP) is 1.97. The molecule has 0 aromatic carbocycles. The second kappa shape index (κ2) is 2.97. The maximum atomic E-state index is 4.10. The van der Waals surface area contributed by atoms with E-state index in [1.807, 2.05) is 18.5 Å². The molecule has 1 saturated heterocycles. The normalized spacial score (nSPS) is 21.7. The molecule has 0 amide bonds. The van der Waals surface area contributed by atoms with Crippen LogP contribution >= 0.6 is 0 Å². The maximum Gasteiger partial charge on any atom is 0.0568 e. The molecule has 62 valence electrons. The van der Waals surface area contributed by atoms with Gasteiger partial charge in [-0.1, -0.05) is 12.6 Å². The number of aromatic nitrogens is 1. The molecule has 1 aliphatic rings. The average molecular weight is 160 g/mol. The minimum Gasteiger partial charge on any atom is -0.371 e. The number of hydrogen-bond acceptors (Lipinski definition) is 2. The molecule has 1 atom stereocenters. The summed E-state index contributed by atoms with van der Waals surface area (Å²) >= 11 is 0. The van der Waals surface area contributed by atoms with Gasteiger partial charge in [0.05, 0.1) is 6.04 Å². The highest BCUT2D eigenvalue weighted by Crippen LogP contribution is 2.32. The molecule has 0 bridgehead atoms. The van der Waals surface area contributed by atoms with Gasteiger partial charge in [0.25, 0.3) is 0 Å². The lowest BCUT2D eigenvalue weighted by Crippen LogP contribution is -2.36. The highest BCUT2D eigenvalue weighted by atomic mass is 15.2. The lowest BCUT2D eigenvalue weighted by Gasteiger charge is -2.40. The van der Waals surface area contributed by atoms with Crippen molar-refractivity contribution in [1.29, 1.82) is 0 Å². The van der Waals surface area contributed by atoms with Crippen LogP contribution in [0.15, 0.2) is 37.3 Å². The maximum absolute atomic E-state index is 4.10. The van der Waals surface area contributed by atoms with Crippen LogP contribution in [0.5, 0.6) is 0 Å². The summed E-state index contributed by atoms with van der Waals surface area (Å²) in [6.07, 6.45) is 6.86. The fourth-order valence-corrected chi connectivity index (χ4v) is 1.56. The summed E-state index contributed by atoms with van der Waals surface area (Å²) in [4.78, 5) is 6.33. The van der Waals surface area contributed by atoms with Crippen LogP contribution in [0.4, 0.5) is 0 Å². The first-order valence-electron chi connectivity index (χ1n) is 4.20. The summed E-state index contributed by atoms with van der Waals surface area (Å²) in [6.45, 7) is 4.89. The lowest BCUT2D eigenvalue weighted by molar-refractivity contribution is 0.157. The molecule has 0 N–H and O–H groups in total. The Hall–Kier alpha value is -1.31. The average Bonchev–Trinajstić information content (AvgIpc) is 2.05. The van der Waals surface area contributed by atoms with Crippen molar-refractivity contribution in [3.05, 3.63) is 42.9 Å². The van der Waals surface area contributed by atoms with Gasteiger partial charge in [-0.05, 0) is 24.3 Å². The monoisotopic (exact) mass is 160 g/mol. The van der Waals surface area contributed by atoms with Gasteiger partial charge in [0.2, 0.25) is 0 Å². The van der Waals surface area contributed by atoms with Gasteiger partial charge in [0, 0.05) is 18.9 Å². The second-order valence-electron chi connectivity index (χ2n) is 3.01. The van der Waals surface area contributed by atoms with Crippen LogP contribution in [0.25, 0.3) is 0 Å². The van der Waals surface area contributed by atoms with Crippen molar-refractivity contribution in [1.82, 2.24) is 9.88 Å². The Kier molecular flexibility index (Phi) is 1.82. The fourth-order valence-electron chi connectivity index (χ4n) is 1.56. The van der Waals surface area contributed by atoms with Gasteiger partial charge in [-0.3, -0.25) is 4.98 Å². The first-order valence-corrected chi connectivity index (χ1v) is 4.20. The van der Waals surface area contributed by atoms with Gasteiger partial charge in [-0.15, -0.1) is 0 Å². The Labute approximate surface area is 72.5 Å². The van der Waals surface area contributed by atoms with E-state index < -0.39 is 0 Å². The Morgan fingerprint density at radius 1 is 1.67 bits per heavy atom. The molecule has 2 nitrogen and oxygen atoms in total. The number of rotatable bonds is 2. The molecule has 0 spiro atoms. The zero-order valence-corrected chi connectivity index (χ0v) is 6.98.